The van der Waals surface area contributed by atoms with Crippen LogP contribution in [0, 0.1) is 0 Å². The first kappa shape index (κ1) is 115. The zero-order valence-corrected chi connectivity index (χ0v) is 83.3. The van der Waals surface area contributed by atoms with Gasteiger partial charge in [0, 0.05) is 166 Å². The molecule has 142 heavy (non-hydrogen) atoms. The van der Waals surface area contributed by atoms with E-state index in [-0.39, 0.29) is 51.4 Å². The lowest BCUT2D eigenvalue weighted by Crippen LogP contribution is -2.55. The van der Waals surface area contributed by atoms with Gasteiger partial charge in [-0.25, -0.2) is 0 Å². The van der Waals surface area contributed by atoms with E-state index < -0.39 is 132 Å². The number of pyridine rings is 2. The average molecular weight is 2150 g/mol. The molecule has 33 nitrogen and oxygen atoms in total. The highest BCUT2D eigenvalue weighted by atomic mass is 79.9. The number of aromatic nitrogens is 2. The molecule has 758 valence electrons. The Bertz CT molecular complexity index is 5740. The average Bonchev–Trinajstić information content (AvgIpc) is 0.817. The molecule has 0 aliphatic carbocycles. The SMILES string of the molecule is CN(CCc1ccccn1)C(=O)[C@H](O)[C@@H](O)C(=O)NCc1ccc(Cl)cc1.CN(Cc1ccccc1)C(=O)[C@H](O)[C@@H](O)C(=O)NCc1ccc(Cl)cc1.C[C@H](NC(=O)[C@H](O)[C@@H](O)C(=O)N(C)CCc1ccccn1)c1ccc(Br)cc1.C[C@H](NC(=O)[C@H](O)[C@@H](O)C(=O)N1CCc2ccccc2C1)c1ccc(Br)cc1.O=C(NCc1ccc(C(F)(F)F)cc1)[C@H](O)[C@@H](O)C(=O)N1CCN(c2cccc(Cl)c2)CC1. The number of carbonyl (C=O) groups excluding carboxylic acids is 10. The van der Waals surface area contributed by atoms with Gasteiger partial charge in [-0.1, -0.05) is 200 Å². The first-order valence-corrected chi connectivity index (χ1v) is 47.3. The Morgan fingerprint density at radius 2 is 0.761 bits per heavy atom. The Balaban J connectivity index is 0.000000218. The number of nitrogens with one attached hydrogen (secondary N) is 5. The van der Waals surface area contributed by atoms with Gasteiger partial charge in [-0.05, 0) is 168 Å². The molecule has 0 radical (unpaired) electrons. The van der Waals surface area contributed by atoms with E-state index in [4.69, 9.17) is 34.8 Å². The van der Waals surface area contributed by atoms with E-state index in [2.05, 4.69) is 68.4 Å². The molecule has 1 saturated heterocycles. The van der Waals surface area contributed by atoms with Crippen LogP contribution in [0.3, 0.4) is 0 Å². The van der Waals surface area contributed by atoms with Gasteiger partial charge < -0.3 is 107 Å². The van der Waals surface area contributed by atoms with Crippen molar-refractivity contribution in [2.24, 2.45) is 0 Å². The molecule has 2 aliphatic heterocycles. The van der Waals surface area contributed by atoms with Crippen molar-refractivity contribution in [3.05, 3.63) is 334 Å². The number of hydrogen-bond acceptors (Lipinski definition) is 23. The third-order valence-corrected chi connectivity index (χ3v) is 24.3. The third kappa shape index (κ3) is 36.6. The molecule has 12 atom stereocenters. The summed E-state index contributed by atoms with van der Waals surface area (Å²) in [6.07, 6.45) is -18.2. The number of piperazine rings is 1. The van der Waals surface area contributed by atoms with Crippen molar-refractivity contribution >= 4 is 131 Å². The number of halogens is 8. The molecular formula is C101H113Br2Cl3F3N13O20. The number of hydrogen-bond donors (Lipinski definition) is 15. The molecule has 0 unspecified atom stereocenters. The number of anilines is 1. The van der Waals surface area contributed by atoms with Crippen LogP contribution in [0.1, 0.15) is 87.4 Å². The van der Waals surface area contributed by atoms with E-state index in [9.17, 15) is 112 Å². The third-order valence-electron chi connectivity index (χ3n) is 22.5. The maximum absolute atomic E-state index is 12.6. The lowest BCUT2D eigenvalue weighted by Gasteiger charge is -2.37. The Hall–Kier alpha value is -12.2. The summed E-state index contributed by atoms with van der Waals surface area (Å²) in [6.45, 7) is 6.81. The Morgan fingerprint density at radius 1 is 0.387 bits per heavy atom. The van der Waals surface area contributed by atoms with Crippen molar-refractivity contribution in [2.45, 2.75) is 145 Å². The van der Waals surface area contributed by atoms with E-state index in [0.29, 0.717) is 79.2 Å². The lowest BCUT2D eigenvalue weighted by atomic mass is 9.99. The number of aliphatic hydroxyl groups is 10. The van der Waals surface area contributed by atoms with Crippen molar-refractivity contribution < 1.29 is 112 Å². The molecule has 10 aromatic rings. The Kier molecular flexibility index (Phi) is 46.3. The van der Waals surface area contributed by atoms with Gasteiger partial charge in [0.15, 0.2) is 61.0 Å². The number of benzene rings is 8. The van der Waals surface area contributed by atoms with Crippen molar-refractivity contribution in [1.29, 1.82) is 0 Å². The second-order valence-electron chi connectivity index (χ2n) is 33.0. The molecule has 0 spiro atoms. The highest BCUT2D eigenvalue weighted by Crippen LogP contribution is 2.30. The molecule has 8 aromatic carbocycles. The predicted molar refractivity (Wildman–Crippen MR) is 531 cm³/mol. The van der Waals surface area contributed by atoms with E-state index in [0.717, 1.165) is 71.5 Å². The van der Waals surface area contributed by atoms with Crippen LogP contribution in [-0.4, -0.2) is 273 Å². The van der Waals surface area contributed by atoms with Gasteiger partial charge >= 0.3 is 6.18 Å². The van der Waals surface area contributed by atoms with Crippen molar-refractivity contribution in [3.8, 4) is 0 Å². The van der Waals surface area contributed by atoms with Crippen LogP contribution in [-0.2, 0) is 106 Å². The molecule has 0 saturated carbocycles. The molecule has 2 aromatic heterocycles. The molecule has 1 fully saturated rings. The number of alkyl halides is 3. The number of fused-ring (bicyclic) bond motifs is 1. The number of rotatable bonds is 34. The van der Waals surface area contributed by atoms with Crippen LogP contribution in [0.5, 0.6) is 0 Å². The quantitative estimate of drug-likeness (QED) is 0.0185. The molecule has 2 aliphatic rings. The molecular weight excluding hydrogens is 2040 g/mol. The Labute approximate surface area is 850 Å². The lowest BCUT2D eigenvalue weighted by molar-refractivity contribution is -0.154. The number of carbonyl (C=O) groups is 10. The number of nitrogens with zero attached hydrogens (tertiary/aromatic N) is 8. The van der Waals surface area contributed by atoms with Crippen LogP contribution in [0.25, 0.3) is 0 Å². The van der Waals surface area contributed by atoms with E-state index in [1.165, 1.54) is 63.3 Å². The minimum atomic E-state index is -4.47. The van der Waals surface area contributed by atoms with Crippen LogP contribution in [0.4, 0.5) is 18.9 Å². The van der Waals surface area contributed by atoms with Crippen LogP contribution >= 0.6 is 66.7 Å². The summed E-state index contributed by atoms with van der Waals surface area (Å²) in [5.41, 5.74) is 8.32. The summed E-state index contributed by atoms with van der Waals surface area (Å²) in [5.74, 6) is -7.88. The van der Waals surface area contributed by atoms with E-state index in [1.807, 2.05) is 144 Å². The molecule has 15 N–H and O–H groups in total. The van der Waals surface area contributed by atoms with Gasteiger partial charge in [0.1, 0.15) is 0 Å². The zero-order valence-electron chi connectivity index (χ0n) is 77.9. The first-order valence-electron chi connectivity index (χ1n) is 44.6. The van der Waals surface area contributed by atoms with Crippen LogP contribution in [0.2, 0.25) is 15.1 Å². The van der Waals surface area contributed by atoms with Gasteiger partial charge in [0.05, 0.1) is 17.6 Å². The zero-order chi connectivity index (χ0) is 104. The number of likely N-dealkylation sites (N-methyl/N-ethyl adjacent to an activating group) is 3. The number of aliphatic hydroxyl groups excluding tert-OH is 10. The molecule has 41 heteroatoms. The summed E-state index contributed by atoms with van der Waals surface area (Å²) >= 11 is 24.3. The van der Waals surface area contributed by atoms with Crippen molar-refractivity contribution in [2.75, 3.05) is 71.9 Å². The van der Waals surface area contributed by atoms with Gasteiger partial charge in [-0.15, -0.1) is 0 Å². The highest BCUT2D eigenvalue weighted by Gasteiger charge is 2.40. The second-order valence-corrected chi connectivity index (χ2v) is 36.2. The maximum atomic E-state index is 12.6. The molecule has 10 amide bonds. The van der Waals surface area contributed by atoms with Gasteiger partial charge in [0.25, 0.3) is 59.1 Å². The van der Waals surface area contributed by atoms with Gasteiger partial charge in [-0.3, -0.25) is 57.9 Å². The van der Waals surface area contributed by atoms with Crippen LogP contribution in [0.15, 0.2) is 258 Å². The van der Waals surface area contributed by atoms with Crippen molar-refractivity contribution in [3.63, 3.8) is 0 Å². The summed E-state index contributed by atoms with van der Waals surface area (Å²) in [4.78, 5) is 140. The minimum Gasteiger partial charge on any atom is -0.380 e. The normalized spacial score (nSPS) is 14.7. The second kappa shape index (κ2) is 57.2. The Morgan fingerprint density at radius 3 is 1.17 bits per heavy atom. The summed E-state index contributed by atoms with van der Waals surface area (Å²) in [5, 5.41) is 115. The monoisotopic (exact) mass is 2150 g/mol. The fourth-order valence-corrected chi connectivity index (χ4v) is 14.9. The molecule has 12 rings (SSSR count). The van der Waals surface area contributed by atoms with E-state index in [1.54, 1.807) is 99.0 Å². The van der Waals surface area contributed by atoms with Gasteiger partial charge in [0.2, 0.25) is 0 Å². The molecule has 4 heterocycles. The number of amides is 10. The summed E-state index contributed by atoms with van der Waals surface area (Å²) in [7, 11) is 4.49. The maximum Gasteiger partial charge on any atom is 0.416 e. The highest BCUT2D eigenvalue weighted by molar-refractivity contribution is 9.10. The van der Waals surface area contributed by atoms with E-state index >= 15 is 0 Å². The largest absolute Gasteiger partial charge is 0.416 e. The van der Waals surface area contributed by atoms with Crippen LogP contribution < -0.4 is 31.5 Å². The summed E-state index contributed by atoms with van der Waals surface area (Å²) < 4.78 is 39.6. The fourth-order valence-electron chi connectivity index (χ4n) is 14.0. The topological polar surface area (TPSA) is 478 Å². The van der Waals surface area contributed by atoms with Crippen molar-refractivity contribution in [1.82, 2.24) is 61.1 Å². The molecule has 0 bridgehead atoms. The fraction of sp³-hybridized carbons (Fsp3) is 0.327. The summed E-state index contributed by atoms with van der Waals surface area (Å²) in [6, 6.07) is 66.9. The predicted octanol–water partition coefficient (Wildman–Crippen LogP) is 7.53. The first-order chi connectivity index (χ1) is 67.5. The van der Waals surface area contributed by atoms with Gasteiger partial charge in [-0.2, -0.15) is 13.2 Å². The minimum absolute atomic E-state index is 0.142. The standard InChI is InChI=1S/C22H23ClF3N3O4.C21H23BrN2O4.C20H24BrN3O4.C19H22ClN3O4.C19H21ClN2O4/c23-16-2-1-3-17(12-16)28-8-10-29(11-9-28)21(33)19(31)18(30)20(32)27-13-14-4-6-15(7-5-14)22(24,25)26;1-13(14-6-8-17(22)9-7-14)23-20(27)18(25)19(26)21(28)24-11-10-15-4-2-3-5-16(15)12-24;1-13(14-6-8-15(21)9-7-14)23-19(27)17(25)18(26)20(28)24(2)12-10-16-5-3-4-11-22-16;1-23(11-9-15-4-2-3-10-21-15)19(27)17(25)16(24)18(26)22-12-13-5-7-14(20)8-6-13;1-22(12-14-5-3-2-4-6-14)19(26)17(24)16(23)18(25)21-11-13-7-9-15(20)10-8-13/h1-7,12,18-19,30-31H,8-11,13H2,(H,27,32);2-9,13,18-19,25-26H,10-12H2,1H3,(H,23,27);3-9,11,13,17-18,25-26H,10,12H2,1-2H3,(H,23,27);2-8,10,16-17,24-25H,9,11-12H2,1H3,(H,22,26);2-10,16-17,23-24H,11-12H2,1H3,(H,21,25)/t18-,19-;13-,18+,19+;13-,17+,18+;2*16-,17-/m10011/s1. The smallest absolute Gasteiger partial charge is 0.380 e.